The van der Waals surface area contributed by atoms with Crippen LogP contribution in [0.15, 0.2) is 42.7 Å². The summed E-state index contributed by atoms with van der Waals surface area (Å²) < 4.78 is 5.89. The van der Waals surface area contributed by atoms with Crippen molar-refractivity contribution in [3.8, 4) is 5.75 Å². The smallest absolute Gasteiger partial charge is 0.253 e. The molecule has 1 heterocycles. The molecule has 0 saturated heterocycles. The normalized spacial score (nSPS) is 10.5. The van der Waals surface area contributed by atoms with Gasteiger partial charge in [-0.1, -0.05) is 13.8 Å². The van der Waals surface area contributed by atoms with Gasteiger partial charge in [0, 0.05) is 43.3 Å². The zero-order valence-electron chi connectivity index (χ0n) is 16.7. The third kappa shape index (κ3) is 6.93. The van der Waals surface area contributed by atoms with Crippen LogP contribution in [0.25, 0.3) is 0 Å². The van der Waals surface area contributed by atoms with E-state index in [0.29, 0.717) is 12.2 Å². The van der Waals surface area contributed by atoms with Crippen LogP contribution in [0.3, 0.4) is 0 Å². The number of carbonyl (C=O) groups is 1. The Kier molecular flexibility index (Phi) is 8.62. The van der Waals surface area contributed by atoms with Crippen LogP contribution in [0.2, 0.25) is 0 Å². The molecule has 146 valence electrons. The van der Waals surface area contributed by atoms with Crippen LogP contribution in [-0.2, 0) is 0 Å². The topological polar surface area (TPSA) is 54.5 Å². The third-order valence-electron chi connectivity index (χ3n) is 4.17. The summed E-state index contributed by atoms with van der Waals surface area (Å²) in [5, 5.41) is 3.33. The lowest BCUT2D eigenvalue weighted by atomic mass is 10.1. The summed E-state index contributed by atoms with van der Waals surface area (Å²) in [6.07, 6.45) is 6.34. The lowest BCUT2D eigenvalue weighted by Crippen LogP contribution is -2.32. The molecule has 1 N–H and O–H groups in total. The van der Waals surface area contributed by atoms with Crippen LogP contribution in [-0.4, -0.2) is 42.0 Å². The number of nitrogens with zero attached hydrogens (tertiary/aromatic N) is 2. The molecule has 0 fully saturated rings. The first-order valence-corrected chi connectivity index (χ1v) is 9.81. The van der Waals surface area contributed by atoms with Crippen molar-refractivity contribution in [2.45, 2.75) is 40.0 Å². The van der Waals surface area contributed by atoms with Gasteiger partial charge in [0.2, 0.25) is 0 Å². The summed E-state index contributed by atoms with van der Waals surface area (Å²) in [4.78, 5) is 18.7. The Bertz CT molecular complexity index is 698. The molecule has 1 aromatic heterocycles. The molecule has 2 rings (SSSR count). The fourth-order valence-corrected chi connectivity index (χ4v) is 2.96. The van der Waals surface area contributed by atoms with Gasteiger partial charge in [0.15, 0.2) is 0 Å². The number of pyridine rings is 1. The van der Waals surface area contributed by atoms with Gasteiger partial charge in [0.1, 0.15) is 5.75 Å². The lowest BCUT2D eigenvalue weighted by molar-refractivity contribution is 0.0755. The molecular formula is C22H31N3O2. The van der Waals surface area contributed by atoms with E-state index in [1.807, 2.05) is 42.2 Å². The van der Waals surface area contributed by atoms with Crippen LogP contribution in [0.1, 0.15) is 49.0 Å². The summed E-state index contributed by atoms with van der Waals surface area (Å²) in [5.74, 6) is 0.849. The molecule has 0 aliphatic heterocycles. The highest BCUT2D eigenvalue weighted by Crippen LogP contribution is 2.19. The minimum atomic E-state index is 0.0894. The van der Waals surface area contributed by atoms with Gasteiger partial charge in [-0.05, 0) is 62.1 Å². The van der Waals surface area contributed by atoms with Crippen LogP contribution >= 0.6 is 0 Å². The highest BCUT2D eigenvalue weighted by Gasteiger charge is 2.15. The highest BCUT2D eigenvalue weighted by molar-refractivity contribution is 5.94. The minimum absolute atomic E-state index is 0.0894. The van der Waals surface area contributed by atoms with Crippen molar-refractivity contribution in [2.75, 3.05) is 31.6 Å². The molecule has 0 unspecified atom stereocenters. The van der Waals surface area contributed by atoms with E-state index in [0.717, 1.165) is 55.9 Å². The van der Waals surface area contributed by atoms with Crippen LogP contribution < -0.4 is 10.1 Å². The summed E-state index contributed by atoms with van der Waals surface area (Å²) in [6.45, 7) is 9.19. The molecule has 0 aliphatic rings. The highest BCUT2D eigenvalue weighted by atomic mass is 16.5. The number of ether oxygens (including phenoxy) is 1. The van der Waals surface area contributed by atoms with Crippen molar-refractivity contribution in [1.82, 2.24) is 9.88 Å². The maximum absolute atomic E-state index is 12.8. The maximum atomic E-state index is 12.8. The van der Waals surface area contributed by atoms with Gasteiger partial charge in [-0.25, -0.2) is 0 Å². The van der Waals surface area contributed by atoms with Crippen molar-refractivity contribution < 1.29 is 9.53 Å². The number of rotatable bonds is 11. The number of carbonyl (C=O) groups excluding carboxylic acids is 1. The molecule has 1 aromatic carbocycles. The number of aromatic nitrogens is 1. The fourth-order valence-electron chi connectivity index (χ4n) is 2.96. The van der Waals surface area contributed by atoms with E-state index < -0.39 is 0 Å². The zero-order chi connectivity index (χ0) is 19.5. The number of amides is 1. The molecule has 5 heteroatoms. The van der Waals surface area contributed by atoms with Crippen molar-refractivity contribution in [3.63, 3.8) is 0 Å². The van der Waals surface area contributed by atoms with Crippen molar-refractivity contribution >= 4 is 11.6 Å². The second kappa shape index (κ2) is 11.2. The third-order valence-corrected chi connectivity index (χ3v) is 4.17. The molecule has 0 saturated carbocycles. The van der Waals surface area contributed by atoms with E-state index in [9.17, 15) is 4.79 Å². The first-order valence-electron chi connectivity index (χ1n) is 9.81. The summed E-state index contributed by atoms with van der Waals surface area (Å²) in [5.41, 5.74) is 2.81. The number of nitrogens with one attached hydrogen (secondary N) is 1. The largest absolute Gasteiger partial charge is 0.493 e. The Balaban J connectivity index is 1.89. The van der Waals surface area contributed by atoms with Crippen molar-refractivity contribution in [3.05, 3.63) is 53.9 Å². The first kappa shape index (κ1) is 20.7. The van der Waals surface area contributed by atoms with E-state index in [-0.39, 0.29) is 5.91 Å². The first-order chi connectivity index (χ1) is 13.1. The molecule has 0 radical (unpaired) electrons. The van der Waals surface area contributed by atoms with E-state index in [4.69, 9.17) is 4.74 Å². The van der Waals surface area contributed by atoms with Gasteiger partial charge in [-0.15, -0.1) is 0 Å². The molecule has 1 amide bonds. The molecule has 0 bridgehead atoms. The maximum Gasteiger partial charge on any atom is 0.253 e. The molecular weight excluding hydrogens is 338 g/mol. The van der Waals surface area contributed by atoms with Gasteiger partial charge in [-0.2, -0.15) is 0 Å². The molecule has 27 heavy (non-hydrogen) atoms. The fraction of sp³-hybridized carbons (Fsp3) is 0.455. The number of hydrogen-bond acceptors (Lipinski definition) is 4. The van der Waals surface area contributed by atoms with Gasteiger partial charge in [0.05, 0.1) is 6.61 Å². The summed E-state index contributed by atoms with van der Waals surface area (Å²) in [7, 11) is 0. The van der Waals surface area contributed by atoms with Crippen LogP contribution in [0.5, 0.6) is 5.75 Å². The predicted octanol–water partition coefficient (Wildman–Crippen LogP) is 4.53. The number of aryl methyl sites for hydroxylation is 1. The Hall–Kier alpha value is -2.56. The molecule has 0 atom stereocenters. The summed E-state index contributed by atoms with van der Waals surface area (Å²) >= 11 is 0. The monoisotopic (exact) mass is 369 g/mol. The van der Waals surface area contributed by atoms with Gasteiger partial charge >= 0.3 is 0 Å². The standard InChI is InChI=1S/C22H31N3O2/c1-4-12-25(13-5-2)22(26)19-15-18(3)16-21(17-19)27-14-6-9-24-20-7-10-23-11-8-20/h7-8,10-11,15-17H,4-6,9,12-14H2,1-3H3,(H,23,24). The Morgan fingerprint density at radius 2 is 1.81 bits per heavy atom. The number of benzene rings is 1. The second-order valence-electron chi connectivity index (χ2n) is 6.69. The van der Waals surface area contributed by atoms with Gasteiger partial charge < -0.3 is 15.0 Å². The van der Waals surface area contributed by atoms with E-state index in [1.54, 1.807) is 12.4 Å². The lowest BCUT2D eigenvalue weighted by Gasteiger charge is -2.22. The van der Waals surface area contributed by atoms with E-state index in [1.165, 1.54) is 0 Å². The van der Waals surface area contributed by atoms with E-state index >= 15 is 0 Å². The Morgan fingerprint density at radius 1 is 1.11 bits per heavy atom. The zero-order valence-corrected chi connectivity index (χ0v) is 16.7. The SMILES string of the molecule is CCCN(CCC)C(=O)c1cc(C)cc(OCCCNc2ccncc2)c1. The van der Waals surface area contributed by atoms with E-state index in [2.05, 4.69) is 24.1 Å². The number of anilines is 1. The second-order valence-corrected chi connectivity index (χ2v) is 6.69. The Morgan fingerprint density at radius 3 is 2.48 bits per heavy atom. The van der Waals surface area contributed by atoms with Gasteiger partial charge in [-0.3, -0.25) is 9.78 Å². The average Bonchev–Trinajstić information content (AvgIpc) is 2.67. The minimum Gasteiger partial charge on any atom is -0.493 e. The molecule has 0 spiro atoms. The predicted molar refractivity (Wildman–Crippen MR) is 111 cm³/mol. The van der Waals surface area contributed by atoms with Crippen molar-refractivity contribution in [2.24, 2.45) is 0 Å². The molecule has 0 aliphatic carbocycles. The van der Waals surface area contributed by atoms with Gasteiger partial charge in [0.25, 0.3) is 5.91 Å². The number of hydrogen-bond donors (Lipinski definition) is 1. The molecule has 2 aromatic rings. The summed E-state index contributed by atoms with van der Waals surface area (Å²) in [6, 6.07) is 9.68. The van der Waals surface area contributed by atoms with Crippen LogP contribution in [0.4, 0.5) is 5.69 Å². The van der Waals surface area contributed by atoms with Crippen molar-refractivity contribution in [1.29, 1.82) is 0 Å². The molecule has 5 nitrogen and oxygen atoms in total. The van der Waals surface area contributed by atoms with Crippen LogP contribution in [0, 0.1) is 6.92 Å². The Labute approximate surface area is 162 Å². The average molecular weight is 370 g/mol. The quantitative estimate of drug-likeness (QED) is 0.591.